The second-order valence-electron chi connectivity index (χ2n) is 6.60. The van der Waals surface area contributed by atoms with Gasteiger partial charge >= 0.3 is 0 Å². The number of benzene rings is 1. The highest BCUT2D eigenvalue weighted by molar-refractivity contribution is 5.76. The lowest BCUT2D eigenvalue weighted by Crippen LogP contribution is -2.33. The van der Waals surface area contributed by atoms with Gasteiger partial charge in [-0.25, -0.2) is 9.37 Å². The molecule has 1 aliphatic rings. The molecular formula is C18H22FN5O. The van der Waals surface area contributed by atoms with Gasteiger partial charge in [0.25, 0.3) is 0 Å². The first kappa shape index (κ1) is 16.2. The average Bonchev–Trinajstić information content (AvgIpc) is 3.20. The number of aryl methyl sites for hydroxylation is 2. The van der Waals surface area contributed by atoms with Gasteiger partial charge in [0.15, 0.2) is 11.6 Å². The van der Waals surface area contributed by atoms with E-state index in [4.69, 9.17) is 4.52 Å². The molecule has 0 unspecified atom stereocenters. The molecule has 132 valence electrons. The molecule has 0 bridgehead atoms. The Balaban J connectivity index is 1.48. The SMILES string of the molecule is CCn1c(CN2CCC(c3noc(C)n3)CC2)nc2c(F)cccc21. The molecule has 2 aromatic heterocycles. The summed E-state index contributed by atoms with van der Waals surface area (Å²) in [5, 5.41) is 4.05. The van der Waals surface area contributed by atoms with Gasteiger partial charge in [0.2, 0.25) is 5.89 Å². The Morgan fingerprint density at radius 1 is 1.24 bits per heavy atom. The zero-order valence-electron chi connectivity index (χ0n) is 14.6. The van der Waals surface area contributed by atoms with Gasteiger partial charge in [-0.05, 0) is 45.0 Å². The standard InChI is InChI=1S/C18H22FN5O/c1-3-24-15-6-4-5-14(19)17(15)21-16(24)11-23-9-7-13(8-10-23)18-20-12(2)25-22-18/h4-6,13H,3,7-11H2,1-2H3. The molecule has 0 N–H and O–H groups in total. The summed E-state index contributed by atoms with van der Waals surface area (Å²) in [7, 11) is 0. The van der Waals surface area contributed by atoms with Crippen molar-refractivity contribution in [2.75, 3.05) is 13.1 Å². The number of likely N-dealkylation sites (tertiary alicyclic amines) is 1. The second-order valence-corrected chi connectivity index (χ2v) is 6.60. The van der Waals surface area contributed by atoms with Crippen molar-refractivity contribution in [3.05, 3.63) is 41.6 Å². The smallest absolute Gasteiger partial charge is 0.223 e. The number of hydrogen-bond donors (Lipinski definition) is 0. The molecule has 0 aliphatic carbocycles. The highest BCUT2D eigenvalue weighted by Gasteiger charge is 2.25. The van der Waals surface area contributed by atoms with Gasteiger partial charge < -0.3 is 9.09 Å². The molecule has 25 heavy (non-hydrogen) atoms. The summed E-state index contributed by atoms with van der Waals surface area (Å²) in [6, 6.07) is 5.15. The summed E-state index contributed by atoms with van der Waals surface area (Å²) < 4.78 is 21.2. The zero-order chi connectivity index (χ0) is 17.4. The number of fused-ring (bicyclic) bond motifs is 1. The molecular weight excluding hydrogens is 321 g/mol. The van der Waals surface area contributed by atoms with E-state index >= 15 is 0 Å². The highest BCUT2D eigenvalue weighted by Crippen LogP contribution is 2.27. The molecule has 1 aliphatic heterocycles. The zero-order valence-corrected chi connectivity index (χ0v) is 14.6. The van der Waals surface area contributed by atoms with Gasteiger partial charge in [0.1, 0.15) is 11.3 Å². The van der Waals surface area contributed by atoms with E-state index in [1.165, 1.54) is 6.07 Å². The predicted molar refractivity (Wildman–Crippen MR) is 91.7 cm³/mol. The van der Waals surface area contributed by atoms with Gasteiger partial charge in [-0.15, -0.1) is 0 Å². The Morgan fingerprint density at radius 3 is 2.72 bits per heavy atom. The molecule has 3 aromatic rings. The van der Waals surface area contributed by atoms with E-state index in [1.807, 2.05) is 13.0 Å². The van der Waals surface area contributed by atoms with Crippen LogP contribution in [0.5, 0.6) is 0 Å². The van der Waals surface area contributed by atoms with Crippen LogP contribution in [0.1, 0.15) is 43.2 Å². The Morgan fingerprint density at radius 2 is 2.04 bits per heavy atom. The van der Waals surface area contributed by atoms with Gasteiger partial charge in [-0.2, -0.15) is 4.98 Å². The monoisotopic (exact) mass is 343 g/mol. The first-order chi connectivity index (χ1) is 12.2. The number of nitrogens with zero attached hydrogens (tertiary/aromatic N) is 5. The maximum atomic E-state index is 14.0. The van der Waals surface area contributed by atoms with Crippen molar-refractivity contribution in [1.82, 2.24) is 24.6 Å². The summed E-state index contributed by atoms with van der Waals surface area (Å²) in [5.74, 6) is 2.47. The van der Waals surface area contributed by atoms with Crippen LogP contribution >= 0.6 is 0 Å². The van der Waals surface area contributed by atoms with Gasteiger partial charge in [0.05, 0.1) is 12.1 Å². The maximum Gasteiger partial charge on any atom is 0.223 e. The molecule has 6 nitrogen and oxygen atoms in total. The molecule has 1 aromatic carbocycles. The van der Waals surface area contributed by atoms with Crippen LogP contribution < -0.4 is 0 Å². The number of para-hydroxylation sites is 1. The van der Waals surface area contributed by atoms with Crippen molar-refractivity contribution in [3.8, 4) is 0 Å². The van der Waals surface area contributed by atoms with Crippen LogP contribution in [-0.2, 0) is 13.1 Å². The van der Waals surface area contributed by atoms with E-state index < -0.39 is 0 Å². The molecule has 0 amide bonds. The molecule has 3 heterocycles. The molecule has 4 rings (SSSR count). The van der Waals surface area contributed by atoms with Gasteiger partial charge in [0, 0.05) is 19.4 Å². The van der Waals surface area contributed by atoms with Crippen molar-refractivity contribution in [1.29, 1.82) is 0 Å². The molecule has 0 radical (unpaired) electrons. The van der Waals surface area contributed by atoms with E-state index in [0.29, 0.717) is 17.3 Å². The second kappa shape index (κ2) is 6.55. The Labute approximate surface area is 145 Å². The largest absolute Gasteiger partial charge is 0.340 e. The molecule has 7 heteroatoms. The summed E-state index contributed by atoms with van der Waals surface area (Å²) in [5.41, 5.74) is 1.34. The highest BCUT2D eigenvalue weighted by atomic mass is 19.1. The average molecular weight is 343 g/mol. The summed E-state index contributed by atoms with van der Waals surface area (Å²) in [6.45, 7) is 7.31. The number of halogens is 1. The minimum Gasteiger partial charge on any atom is -0.340 e. The summed E-state index contributed by atoms with van der Waals surface area (Å²) in [4.78, 5) is 11.3. The fourth-order valence-corrected chi connectivity index (χ4v) is 3.66. The van der Waals surface area contributed by atoms with Crippen LogP contribution in [0.2, 0.25) is 0 Å². The normalized spacial score (nSPS) is 16.8. The lowest BCUT2D eigenvalue weighted by molar-refractivity contribution is 0.194. The maximum absolute atomic E-state index is 14.0. The van der Waals surface area contributed by atoms with Gasteiger partial charge in [-0.3, -0.25) is 4.90 Å². The number of rotatable bonds is 4. The van der Waals surface area contributed by atoms with Crippen LogP contribution in [0.4, 0.5) is 4.39 Å². The third-order valence-corrected chi connectivity index (χ3v) is 4.99. The van der Waals surface area contributed by atoms with E-state index in [2.05, 4.69) is 31.5 Å². The number of hydrogen-bond acceptors (Lipinski definition) is 5. The fraction of sp³-hybridized carbons (Fsp3) is 0.500. The lowest BCUT2D eigenvalue weighted by atomic mass is 9.96. The molecule has 0 atom stereocenters. The molecule has 0 spiro atoms. The van der Waals surface area contributed by atoms with Crippen LogP contribution in [0, 0.1) is 12.7 Å². The van der Waals surface area contributed by atoms with Crippen molar-refractivity contribution in [2.45, 2.75) is 45.7 Å². The molecule has 0 saturated carbocycles. The van der Waals surface area contributed by atoms with E-state index in [-0.39, 0.29) is 5.82 Å². The topological polar surface area (TPSA) is 60.0 Å². The number of aromatic nitrogens is 4. The minimum absolute atomic E-state index is 0.253. The van der Waals surface area contributed by atoms with Crippen molar-refractivity contribution in [3.63, 3.8) is 0 Å². The van der Waals surface area contributed by atoms with E-state index in [9.17, 15) is 4.39 Å². The Bertz CT molecular complexity index is 879. The first-order valence-corrected chi connectivity index (χ1v) is 8.82. The third kappa shape index (κ3) is 3.04. The predicted octanol–water partition coefficient (Wildman–Crippen LogP) is 3.27. The molecule has 1 fully saturated rings. The number of imidazole rings is 1. The van der Waals surface area contributed by atoms with Crippen molar-refractivity contribution >= 4 is 11.0 Å². The van der Waals surface area contributed by atoms with Crippen LogP contribution in [0.15, 0.2) is 22.7 Å². The van der Waals surface area contributed by atoms with Crippen molar-refractivity contribution in [2.24, 2.45) is 0 Å². The summed E-state index contributed by atoms with van der Waals surface area (Å²) in [6.07, 6.45) is 2.00. The van der Waals surface area contributed by atoms with Gasteiger partial charge in [-0.1, -0.05) is 11.2 Å². The quantitative estimate of drug-likeness (QED) is 0.728. The molecule has 1 saturated heterocycles. The minimum atomic E-state index is -0.253. The van der Waals surface area contributed by atoms with Crippen molar-refractivity contribution < 1.29 is 8.91 Å². The van der Waals surface area contributed by atoms with E-state index in [1.54, 1.807) is 6.07 Å². The third-order valence-electron chi connectivity index (χ3n) is 4.99. The van der Waals surface area contributed by atoms with Crippen LogP contribution in [0.25, 0.3) is 11.0 Å². The Kier molecular flexibility index (Phi) is 4.25. The Hall–Kier alpha value is -2.28. The summed E-state index contributed by atoms with van der Waals surface area (Å²) >= 11 is 0. The van der Waals surface area contributed by atoms with Crippen LogP contribution in [0.3, 0.4) is 0 Å². The first-order valence-electron chi connectivity index (χ1n) is 8.82. The lowest BCUT2D eigenvalue weighted by Gasteiger charge is -2.30. The van der Waals surface area contributed by atoms with E-state index in [0.717, 1.165) is 56.2 Å². The number of piperidine rings is 1. The fourth-order valence-electron chi connectivity index (χ4n) is 3.66. The van der Waals surface area contributed by atoms with Crippen LogP contribution in [-0.4, -0.2) is 37.7 Å².